The van der Waals surface area contributed by atoms with E-state index in [1.54, 1.807) is 32.2 Å². The number of rotatable bonds is 4. The number of aliphatic carboxylic acids is 1. The van der Waals surface area contributed by atoms with Gasteiger partial charge in [0, 0.05) is 6.04 Å². The summed E-state index contributed by atoms with van der Waals surface area (Å²) in [5.74, 6) is -1.03. The molecular formula is C14H19NO4S. The van der Waals surface area contributed by atoms with Gasteiger partial charge in [-0.05, 0) is 56.0 Å². The topological polar surface area (TPSA) is 66.8 Å². The van der Waals surface area contributed by atoms with Crippen molar-refractivity contribution in [2.24, 2.45) is 0 Å². The van der Waals surface area contributed by atoms with Gasteiger partial charge in [0.05, 0.1) is 0 Å². The largest absolute Gasteiger partial charge is 0.479 e. The van der Waals surface area contributed by atoms with Gasteiger partial charge in [-0.15, -0.1) is 0 Å². The molecule has 0 radical (unpaired) electrons. The molecule has 1 fully saturated rings. The Labute approximate surface area is 122 Å². The van der Waals surface area contributed by atoms with Crippen LogP contribution in [0.2, 0.25) is 0 Å². The van der Waals surface area contributed by atoms with Crippen LogP contribution in [0.3, 0.4) is 0 Å². The van der Waals surface area contributed by atoms with E-state index in [-0.39, 0.29) is 6.04 Å². The smallest absolute Gasteiger partial charge is 0.411 e. The first-order valence-corrected chi connectivity index (χ1v) is 7.50. The van der Waals surface area contributed by atoms with Crippen molar-refractivity contribution >= 4 is 23.4 Å². The lowest BCUT2D eigenvalue weighted by Gasteiger charge is -2.31. The molecule has 1 heterocycles. The zero-order valence-electron chi connectivity index (χ0n) is 11.8. The molecule has 1 N–H and O–H groups in total. The first-order valence-electron chi connectivity index (χ1n) is 6.56. The van der Waals surface area contributed by atoms with Crippen LogP contribution in [0.15, 0.2) is 16.8 Å². The molecule has 0 spiro atoms. The molecule has 20 heavy (non-hydrogen) atoms. The fourth-order valence-electron chi connectivity index (χ4n) is 1.99. The molecule has 1 aromatic rings. The van der Waals surface area contributed by atoms with Crippen molar-refractivity contribution in [3.8, 4) is 0 Å². The van der Waals surface area contributed by atoms with Crippen molar-refractivity contribution in [3.63, 3.8) is 0 Å². The summed E-state index contributed by atoms with van der Waals surface area (Å²) >= 11 is 1.42. The minimum absolute atomic E-state index is 0.0363. The average Bonchev–Trinajstić information content (AvgIpc) is 2.98. The predicted molar refractivity (Wildman–Crippen MR) is 75.8 cm³/mol. The van der Waals surface area contributed by atoms with E-state index in [2.05, 4.69) is 0 Å². The van der Waals surface area contributed by atoms with Gasteiger partial charge in [-0.25, -0.2) is 9.59 Å². The number of amides is 1. The van der Waals surface area contributed by atoms with E-state index in [0.29, 0.717) is 5.56 Å². The quantitative estimate of drug-likeness (QED) is 0.926. The third kappa shape index (κ3) is 3.50. The third-order valence-electron chi connectivity index (χ3n) is 2.92. The van der Waals surface area contributed by atoms with Crippen molar-refractivity contribution in [3.05, 3.63) is 22.4 Å². The van der Waals surface area contributed by atoms with Crippen molar-refractivity contribution in [1.29, 1.82) is 0 Å². The van der Waals surface area contributed by atoms with Gasteiger partial charge in [0.15, 0.2) is 6.04 Å². The molecule has 0 aliphatic heterocycles. The number of hydrogen-bond acceptors (Lipinski definition) is 4. The van der Waals surface area contributed by atoms with E-state index in [1.807, 2.05) is 5.38 Å². The second kappa shape index (κ2) is 5.44. The first kappa shape index (κ1) is 14.8. The molecule has 5 nitrogen and oxygen atoms in total. The molecule has 0 bridgehead atoms. The Balaban J connectivity index is 2.26. The Kier molecular flexibility index (Phi) is 4.04. The molecule has 0 aromatic carbocycles. The number of thiophene rings is 1. The van der Waals surface area contributed by atoms with Gasteiger partial charge in [-0.1, -0.05) is 0 Å². The van der Waals surface area contributed by atoms with Crippen LogP contribution in [0.4, 0.5) is 4.79 Å². The standard InChI is InChI=1S/C14H19NO4S/c1-14(2,3)19-13(18)15(10-4-5-10)11(12(16)17)9-6-7-20-8-9/h6-8,10-11H,4-5H2,1-3H3,(H,16,17). The SMILES string of the molecule is CC(C)(C)OC(=O)N(C1CC1)C(C(=O)O)c1ccsc1. The maximum Gasteiger partial charge on any atom is 0.411 e. The summed E-state index contributed by atoms with van der Waals surface area (Å²) in [7, 11) is 0. The van der Waals surface area contributed by atoms with E-state index < -0.39 is 23.7 Å². The molecule has 1 aliphatic rings. The highest BCUT2D eigenvalue weighted by Gasteiger charge is 2.43. The van der Waals surface area contributed by atoms with Crippen molar-refractivity contribution in [1.82, 2.24) is 4.90 Å². The van der Waals surface area contributed by atoms with E-state index >= 15 is 0 Å². The van der Waals surface area contributed by atoms with Gasteiger partial charge in [-0.3, -0.25) is 4.90 Å². The minimum Gasteiger partial charge on any atom is -0.479 e. The zero-order chi connectivity index (χ0) is 14.9. The van der Waals surface area contributed by atoms with Crippen LogP contribution < -0.4 is 0 Å². The van der Waals surface area contributed by atoms with Crippen LogP contribution in [0.1, 0.15) is 45.2 Å². The lowest BCUT2D eigenvalue weighted by Crippen LogP contribution is -2.43. The summed E-state index contributed by atoms with van der Waals surface area (Å²) in [6.45, 7) is 5.32. The third-order valence-corrected chi connectivity index (χ3v) is 3.62. The molecule has 0 saturated heterocycles. The molecule has 2 rings (SSSR count). The lowest BCUT2D eigenvalue weighted by atomic mass is 10.1. The van der Waals surface area contributed by atoms with E-state index in [9.17, 15) is 14.7 Å². The predicted octanol–water partition coefficient (Wildman–Crippen LogP) is 3.27. The number of carbonyl (C=O) groups is 2. The second-order valence-electron chi connectivity index (χ2n) is 5.92. The van der Waals surface area contributed by atoms with Crippen LogP contribution in [-0.2, 0) is 9.53 Å². The molecule has 1 aliphatic carbocycles. The first-order chi connectivity index (χ1) is 9.29. The van der Waals surface area contributed by atoms with Gasteiger partial charge in [0.25, 0.3) is 0 Å². The van der Waals surface area contributed by atoms with Gasteiger partial charge in [0.1, 0.15) is 5.60 Å². The fourth-order valence-corrected chi connectivity index (χ4v) is 2.66. The summed E-state index contributed by atoms with van der Waals surface area (Å²) in [5, 5.41) is 13.1. The number of nitrogens with zero attached hydrogens (tertiary/aromatic N) is 1. The number of hydrogen-bond donors (Lipinski definition) is 1. The maximum absolute atomic E-state index is 12.3. The zero-order valence-corrected chi connectivity index (χ0v) is 12.6. The highest BCUT2D eigenvalue weighted by Crippen LogP contribution is 2.36. The molecule has 1 amide bonds. The van der Waals surface area contributed by atoms with E-state index in [0.717, 1.165) is 12.8 Å². The molecule has 1 unspecified atom stereocenters. The molecule has 1 saturated carbocycles. The number of carboxylic acids is 1. The van der Waals surface area contributed by atoms with Crippen LogP contribution in [0.5, 0.6) is 0 Å². The molecule has 110 valence electrons. The summed E-state index contributed by atoms with van der Waals surface area (Å²) in [6.07, 6.45) is 1.10. The van der Waals surface area contributed by atoms with Gasteiger partial charge < -0.3 is 9.84 Å². The Morgan fingerprint density at radius 2 is 2.10 bits per heavy atom. The molecule has 1 atom stereocenters. The van der Waals surface area contributed by atoms with Gasteiger partial charge >= 0.3 is 12.1 Å². The minimum atomic E-state index is -1.03. The molecular weight excluding hydrogens is 278 g/mol. The average molecular weight is 297 g/mol. The molecule has 6 heteroatoms. The van der Waals surface area contributed by atoms with E-state index in [1.165, 1.54) is 16.2 Å². The summed E-state index contributed by atoms with van der Waals surface area (Å²) in [6, 6.07) is 0.734. The summed E-state index contributed by atoms with van der Waals surface area (Å²) in [4.78, 5) is 25.3. The number of carboxylic acid groups (broad SMARTS) is 1. The molecule has 1 aromatic heterocycles. The lowest BCUT2D eigenvalue weighted by molar-refractivity contribution is -0.143. The second-order valence-corrected chi connectivity index (χ2v) is 6.70. The Morgan fingerprint density at radius 3 is 2.50 bits per heavy atom. The van der Waals surface area contributed by atoms with E-state index in [4.69, 9.17) is 4.74 Å². The van der Waals surface area contributed by atoms with Crippen LogP contribution in [0.25, 0.3) is 0 Å². The van der Waals surface area contributed by atoms with Gasteiger partial charge in [0.2, 0.25) is 0 Å². The van der Waals surface area contributed by atoms with Crippen molar-refractivity contribution in [2.75, 3.05) is 0 Å². The Bertz CT molecular complexity index is 488. The monoisotopic (exact) mass is 297 g/mol. The van der Waals surface area contributed by atoms with Gasteiger partial charge in [-0.2, -0.15) is 11.3 Å². The number of ether oxygens (including phenoxy) is 1. The van der Waals surface area contributed by atoms with Crippen molar-refractivity contribution < 1.29 is 19.4 Å². The Hall–Kier alpha value is -1.56. The number of carbonyl (C=O) groups excluding carboxylic acids is 1. The van der Waals surface area contributed by atoms with Crippen LogP contribution in [-0.4, -0.2) is 33.7 Å². The Morgan fingerprint density at radius 1 is 1.45 bits per heavy atom. The summed E-state index contributed by atoms with van der Waals surface area (Å²) < 4.78 is 5.36. The summed E-state index contributed by atoms with van der Waals surface area (Å²) in [5.41, 5.74) is -0.0117. The van der Waals surface area contributed by atoms with Crippen LogP contribution >= 0.6 is 11.3 Å². The highest BCUT2D eigenvalue weighted by molar-refractivity contribution is 7.08. The highest BCUT2D eigenvalue weighted by atomic mass is 32.1. The fraction of sp³-hybridized carbons (Fsp3) is 0.571. The maximum atomic E-state index is 12.3. The van der Waals surface area contributed by atoms with Crippen molar-refractivity contribution in [2.45, 2.75) is 51.3 Å². The normalized spacial score (nSPS) is 16.6. The van der Waals surface area contributed by atoms with Crippen LogP contribution in [0, 0.1) is 0 Å².